The molecule has 1 fully saturated rings. The van der Waals surface area contributed by atoms with Crippen molar-refractivity contribution in [3.63, 3.8) is 0 Å². The molecular weight excluding hydrogens is 346 g/mol. The van der Waals surface area contributed by atoms with Crippen LogP contribution in [0.25, 0.3) is 0 Å². The number of aryl methyl sites for hydroxylation is 2. The zero-order chi connectivity index (χ0) is 18.7. The van der Waals surface area contributed by atoms with Gasteiger partial charge in [-0.1, -0.05) is 36.4 Å². The van der Waals surface area contributed by atoms with Gasteiger partial charge < -0.3 is 4.74 Å². The molecule has 0 radical (unpaired) electrons. The standard InChI is InChI=1S/C21H27NO3S/c1-16-9-10-20(15-17(16)2)26(23,24)22-13-11-19(12-14-22)21(25-3)18-7-5-4-6-8-18/h4-10,15,19,21H,11-14H2,1-3H3. The zero-order valence-electron chi connectivity index (χ0n) is 15.7. The Hall–Kier alpha value is -1.69. The topological polar surface area (TPSA) is 46.6 Å². The maximum Gasteiger partial charge on any atom is 0.243 e. The van der Waals surface area contributed by atoms with Crippen LogP contribution >= 0.6 is 0 Å². The van der Waals surface area contributed by atoms with Crippen LogP contribution in [0.2, 0.25) is 0 Å². The van der Waals surface area contributed by atoms with Crippen LogP contribution in [0.4, 0.5) is 0 Å². The van der Waals surface area contributed by atoms with E-state index in [0.29, 0.717) is 23.9 Å². The monoisotopic (exact) mass is 373 g/mol. The van der Waals surface area contributed by atoms with Crippen LogP contribution in [-0.2, 0) is 14.8 Å². The molecule has 1 aliphatic heterocycles. The van der Waals surface area contributed by atoms with Gasteiger partial charge in [-0.2, -0.15) is 4.31 Å². The Morgan fingerprint density at radius 1 is 1.00 bits per heavy atom. The second-order valence-electron chi connectivity index (χ2n) is 7.05. The molecule has 4 nitrogen and oxygen atoms in total. The van der Waals surface area contributed by atoms with Crippen LogP contribution in [-0.4, -0.2) is 32.9 Å². The summed E-state index contributed by atoms with van der Waals surface area (Å²) in [5.41, 5.74) is 3.27. The number of benzene rings is 2. The molecule has 3 rings (SSSR count). The minimum Gasteiger partial charge on any atom is -0.376 e. The minimum absolute atomic E-state index is 0.0164. The molecule has 0 aromatic heterocycles. The highest BCUT2D eigenvalue weighted by atomic mass is 32.2. The fraction of sp³-hybridized carbons (Fsp3) is 0.429. The smallest absolute Gasteiger partial charge is 0.243 e. The Kier molecular flexibility index (Phi) is 5.80. The van der Waals surface area contributed by atoms with Crippen molar-refractivity contribution in [3.05, 3.63) is 65.2 Å². The lowest BCUT2D eigenvalue weighted by Gasteiger charge is -2.35. The lowest BCUT2D eigenvalue weighted by atomic mass is 9.88. The third-order valence-electron chi connectivity index (χ3n) is 5.42. The maximum absolute atomic E-state index is 13.0. The third kappa shape index (κ3) is 3.85. The molecule has 0 bridgehead atoms. The van der Waals surface area contributed by atoms with E-state index >= 15 is 0 Å². The van der Waals surface area contributed by atoms with Crippen molar-refractivity contribution in [1.82, 2.24) is 4.31 Å². The van der Waals surface area contributed by atoms with E-state index in [2.05, 4.69) is 12.1 Å². The molecule has 0 saturated carbocycles. The Morgan fingerprint density at radius 3 is 2.23 bits per heavy atom. The summed E-state index contributed by atoms with van der Waals surface area (Å²) < 4.78 is 33.3. The van der Waals surface area contributed by atoms with E-state index in [1.165, 1.54) is 0 Å². The van der Waals surface area contributed by atoms with Crippen molar-refractivity contribution in [2.24, 2.45) is 5.92 Å². The number of piperidine rings is 1. The molecule has 0 amide bonds. The number of ether oxygens (including phenoxy) is 1. The average molecular weight is 374 g/mol. The highest BCUT2D eigenvalue weighted by Crippen LogP contribution is 2.34. The first kappa shape index (κ1) is 19.1. The van der Waals surface area contributed by atoms with Crippen LogP contribution in [0.5, 0.6) is 0 Å². The van der Waals surface area contributed by atoms with Gasteiger partial charge in [0.25, 0.3) is 0 Å². The number of sulfonamides is 1. The molecular formula is C21H27NO3S. The molecule has 2 aromatic carbocycles. The highest BCUT2D eigenvalue weighted by Gasteiger charge is 2.33. The maximum atomic E-state index is 13.0. The summed E-state index contributed by atoms with van der Waals surface area (Å²) in [4.78, 5) is 0.394. The molecule has 26 heavy (non-hydrogen) atoms. The summed E-state index contributed by atoms with van der Waals surface area (Å²) in [6, 6.07) is 15.5. The number of rotatable bonds is 5. The zero-order valence-corrected chi connectivity index (χ0v) is 16.5. The van der Waals surface area contributed by atoms with Crippen molar-refractivity contribution in [2.75, 3.05) is 20.2 Å². The molecule has 140 valence electrons. The van der Waals surface area contributed by atoms with Gasteiger partial charge >= 0.3 is 0 Å². The van der Waals surface area contributed by atoms with Crippen molar-refractivity contribution >= 4 is 10.0 Å². The van der Waals surface area contributed by atoms with E-state index in [0.717, 1.165) is 29.5 Å². The largest absolute Gasteiger partial charge is 0.376 e. The number of methoxy groups -OCH3 is 1. The predicted octanol–water partition coefficient (Wildman–Crippen LogP) is 4.09. The van der Waals surface area contributed by atoms with Crippen LogP contribution in [0.15, 0.2) is 53.4 Å². The number of nitrogens with zero attached hydrogens (tertiary/aromatic N) is 1. The first-order valence-electron chi connectivity index (χ1n) is 9.08. The molecule has 0 aliphatic carbocycles. The van der Waals surface area contributed by atoms with E-state index in [9.17, 15) is 8.42 Å². The Balaban J connectivity index is 1.72. The first-order valence-corrected chi connectivity index (χ1v) is 10.5. The Labute approximate surface area is 156 Å². The summed E-state index contributed by atoms with van der Waals surface area (Å²) in [6.45, 7) is 5.01. The molecule has 5 heteroatoms. The van der Waals surface area contributed by atoms with Crippen LogP contribution in [0.3, 0.4) is 0 Å². The number of hydrogen-bond donors (Lipinski definition) is 0. The van der Waals surface area contributed by atoms with E-state index in [1.54, 1.807) is 23.5 Å². The Morgan fingerprint density at radius 2 is 1.65 bits per heavy atom. The fourth-order valence-corrected chi connectivity index (χ4v) is 5.24. The quantitative estimate of drug-likeness (QED) is 0.793. The summed E-state index contributed by atoms with van der Waals surface area (Å²) in [6.07, 6.45) is 1.62. The Bertz CT molecular complexity index is 841. The summed E-state index contributed by atoms with van der Waals surface area (Å²) in [5.74, 6) is 0.327. The average Bonchev–Trinajstić information content (AvgIpc) is 2.66. The van der Waals surface area contributed by atoms with Gasteiger partial charge in [0.15, 0.2) is 0 Å². The van der Waals surface area contributed by atoms with E-state index in [1.807, 2.05) is 38.1 Å². The third-order valence-corrected chi connectivity index (χ3v) is 7.32. The van der Waals surface area contributed by atoms with Crippen LogP contribution in [0.1, 0.15) is 35.6 Å². The van der Waals surface area contributed by atoms with Crippen molar-refractivity contribution in [1.29, 1.82) is 0 Å². The van der Waals surface area contributed by atoms with Gasteiger partial charge in [0, 0.05) is 20.2 Å². The predicted molar refractivity (Wildman–Crippen MR) is 104 cm³/mol. The van der Waals surface area contributed by atoms with Gasteiger partial charge in [-0.15, -0.1) is 0 Å². The SMILES string of the molecule is COC(c1ccccc1)C1CCN(S(=O)(=O)c2ccc(C)c(C)c2)CC1. The normalized spacial score (nSPS) is 18.0. The van der Waals surface area contributed by atoms with Gasteiger partial charge in [-0.3, -0.25) is 0 Å². The fourth-order valence-electron chi connectivity index (χ4n) is 3.69. The molecule has 0 N–H and O–H groups in total. The molecule has 2 aromatic rings. The summed E-state index contributed by atoms with van der Waals surface area (Å²) in [7, 11) is -1.70. The number of hydrogen-bond acceptors (Lipinski definition) is 3. The summed E-state index contributed by atoms with van der Waals surface area (Å²) in [5, 5.41) is 0. The molecule has 1 heterocycles. The lowest BCUT2D eigenvalue weighted by Crippen LogP contribution is -2.40. The van der Waals surface area contributed by atoms with Crippen molar-refractivity contribution in [3.8, 4) is 0 Å². The van der Waals surface area contributed by atoms with Crippen molar-refractivity contribution < 1.29 is 13.2 Å². The van der Waals surface area contributed by atoms with Gasteiger partial charge in [-0.25, -0.2) is 8.42 Å². The minimum atomic E-state index is -3.43. The van der Waals surface area contributed by atoms with E-state index in [-0.39, 0.29) is 6.10 Å². The van der Waals surface area contributed by atoms with E-state index < -0.39 is 10.0 Å². The van der Waals surface area contributed by atoms with E-state index in [4.69, 9.17) is 4.74 Å². The molecule has 1 atom stereocenters. The van der Waals surface area contributed by atoms with Crippen LogP contribution < -0.4 is 0 Å². The van der Waals surface area contributed by atoms with Crippen LogP contribution in [0, 0.1) is 19.8 Å². The second kappa shape index (κ2) is 7.91. The van der Waals surface area contributed by atoms with Gasteiger partial charge in [0.05, 0.1) is 11.0 Å². The van der Waals surface area contributed by atoms with Gasteiger partial charge in [-0.05, 0) is 61.4 Å². The molecule has 0 spiro atoms. The van der Waals surface area contributed by atoms with Crippen molar-refractivity contribution in [2.45, 2.75) is 37.7 Å². The second-order valence-corrected chi connectivity index (χ2v) is 8.99. The molecule has 1 unspecified atom stereocenters. The van der Waals surface area contributed by atoms with Gasteiger partial charge in [0.1, 0.15) is 0 Å². The highest BCUT2D eigenvalue weighted by molar-refractivity contribution is 7.89. The summed E-state index contributed by atoms with van der Waals surface area (Å²) >= 11 is 0. The molecule has 1 aliphatic rings. The lowest BCUT2D eigenvalue weighted by molar-refractivity contribution is 0.0303. The first-order chi connectivity index (χ1) is 12.4. The van der Waals surface area contributed by atoms with Gasteiger partial charge in [0.2, 0.25) is 10.0 Å². The molecule has 1 saturated heterocycles.